The van der Waals surface area contributed by atoms with Crippen LogP contribution in [0.15, 0.2) is 76.7 Å². The van der Waals surface area contributed by atoms with Gasteiger partial charge in [0.25, 0.3) is 5.91 Å². The zero-order valence-electron chi connectivity index (χ0n) is 23.8. The zero-order valence-corrected chi connectivity index (χ0v) is 24.6. The average Bonchev–Trinajstić information content (AvgIpc) is 3.40. The number of rotatable bonds is 16. The number of carbonyl (C=O) groups is 2. The van der Waals surface area contributed by atoms with Crippen molar-refractivity contribution in [1.82, 2.24) is 20.1 Å². The Kier molecular flexibility index (Phi) is 12.7. The highest BCUT2D eigenvalue weighted by Crippen LogP contribution is 2.33. The van der Waals surface area contributed by atoms with Crippen LogP contribution >= 0.6 is 11.8 Å². The fourth-order valence-corrected chi connectivity index (χ4v) is 4.92. The Hall–Kier alpha value is -4.07. The highest BCUT2D eigenvalue weighted by atomic mass is 32.2. The summed E-state index contributed by atoms with van der Waals surface area (Å²) in [5, 5.41) is 16.6. The molecule has 2 heterocycles. The Morgan fingerprint density at radius 2 is 1.63 bits per heavy atom. The van der Waals surface area contributed by atoms with E-state index in [2.05, 4.69) is 15.4 Å². The minimum absolute atomic E-state index is 0.0207. The number of nitrogens with one attached hydrogen (secondary N) is 1. The molecule has 0 saturated carbocycles. The molecule has 2 aromatic carbocycles. The lowest BCUT2D eigenvalue weighted by Crippen LogP contribution is -2.19. The third-order valence-electron chi connectivity index (χ3n) is 5.97. The summed E-state index contributed by atoms with van der Waals surface area (Å²) < 4.78 is 22.7. The van der Waals surface area contributed by atoms with Crippen molar-refractivity contribution >= 4 is 46.8 Å². The summed E-state index contributed by atoms with van der Waals surface area (Å²) in [6, 6.07) is 18.6. The Labute approximate surface area is 253 Å². The first-order valence-corrected chi connectivity index (χ1v) is 14.5. The first-order chi connectivity index (χ1) is 21.1. The predicted octanol–water partition coefficient (Wildman–Crippen LogP) is 4.14. The van der Waals surface area contributed by atoms with Gasteiger partial charge in [0.15, 0.2) is 0 Å². The quantitative estimate of drug-likeness (QED) is 0.179. The lowest BCUT2D eigenvalue weighted by atomic mass is 10.2. The first kappa shape index (κ1) is 31.9. The van der Waals surface area contributed by atoms with E-state index < -0.39 is 6.09 Å². The van der Waals surface area contributed by atoms with Gasteiger partial charge in [-0.3, -0.25) is 9.78 Å². The third-order valence-corrected chi connectivity index (χ3v) is 7.04. The van der Waals surface area contributed by atoms with E-state index >= 15 is 0 Å². The SMILES string of the molecule is CNC(=O)c1ccccc1Sc1ccc2c(/C=C/c3ccccn3)nn(C(=O)OCCOCCOCCOCCO)c2c1. The van der Waals surface area contributed by atoms with Gasteiger partial charge < -0.3 is 29.4 Å². The molecule has 0 atom stereocenters. The molecule has 2 aromatic heterocycles. The molecule has 0 saturated heterocycles. The summed E-state index contributed by atoms with van der Waals surface area (Å²) in [6.45, 7) is 2.00. The summed E-state index contributed by atoms with van der Waals surface area (Å²) in [5.74, 6) is -0.180. The van der Waals surface area contributed by atoms with Gasteiger partial charge in [0, 0.05) is 28.4 Å². The van der Waals surface area contributed by atoms with Crippen LogP contribution in [-0.2, 0) is 18.9 Å². The second-order valence-electron chi connectivity index (χ2n) is 8.92. The number of benzene rings is 2. The van der Waals surface area contributed by atoms with E-state index in [4.69, 9.17) is 24.1 Å². The molecular formula is C31H34N4O7S. The molecule has 4 rings (SSSR count). The van der Waals surface area contributed by atoms with Crippen LogP contribution in [0.1, 0.15) is 21.7 Å². The number of carbonyl (C=O) groups excluding carboxylic acids is 2. The van der Waals surface area contributed by atoms with Gasteiger partial charge in [-0.25, -0.2) is 4.79 Å². The molecule has 2 N–H and O–H groups in total. The van der Waals surface area contributed by atoms with Gasteiger partial charge in [-0.05, 0) is 54.6 Å². The molecule has 0 aliphatic rings. The van der Waals surface area contributed by atoms with Crippen molar-refractivity contribution in [1.29, 1.82) is 0 Å². The van der Waals surface area contributed by atoms with E-state index in [1.165, 1.54) is 16.4 Å². The van der Waals surface area contributed by atoms with Crippen LogP contribution in [0.2, 0.25) is 0 Å². The van der Waals surface area contributed by atoms with E-state index in [0.29, 0.717) is 43.2 Å². The van der Waals surface area contributed by atoms with Crippen LogP contribution < -0.4 is 5.32 Å². The Morgan fingerprint density at radius 3 is 2.35 bits per heavy atom. The Bertz CT molecular complexity index is 1510. The number of amides is 1. The van der Waals surface area contributed by atoms with Crippen molar-refractivity contribution in [2.45, 2.75) is 9.79 Å². The fourth-order valence-electron chi connectivity index (χ4n) is 3.94. The standard InChI is InChI=1S/C31H34N4O7S/c1-32-30(37)26-7-2-3-8-29(26)43-24-10-11-25-27(12-9-23-6-4-5-13-33-23)34-35(28(25)22-24)31(38)42-21-20-41-19-18-40-17-16-39-15-14-36/h2-13,22,36H,14-21H2,1H3,(H,32,37)/b12-9+. The first-order valence-electron chi connectivity index (χ1n) is 13.7. The van der Waals surface area contributed by atoms with Crippen molar-refractivity contribution in [2.24, 2.45) is 0 Å². The van der Waals surface area contributed by atoms with E-state index in [1.807, 2.05) is 60.7 Å². The summed E-state index contributed by atoms with van der Waals surface area (Å²) in [6.07, 6.45) is 4.70. The van der Waals surface area contributed by atoms with Gasteiger partial charge in [0.1, 0.15) is 6.61 Å². The highest BCUT2D eigenvalue weighted by Gasteiger charge is 2.18. The van der Waals surface area contributed by atoms with Gasteiger partial charge in [-0.15, -0.1) is 0 Å². The Morgan fingerprint density at radius 1 is 0.907 bits per heavy atom. The molecule has 0 aliphatic carbocycles. The number of hydrogen-bond donors (Lipinski definition) is 2. The second-order valence-corrected chi connectivity index (χ2v) is 10.0. The van der Waals surface area contributed by atoms with Gasteiger partial charge in [-0.2, -0.15) is 9.78 Å². The smallest absolute Gasteiger partial charge is 0.435 e. The summed E-state index contributed by atoms with van der Waals surface area (Å²) in [5.41, 5.74) is 2.45. The molecule has 12 heteroatoms. The molecule has 0 bridgehead atoms. The van der Waals surface area contributed by atoms with Crippen molar-refractivity contribution in [3.05, 3.63) is 83.8 Å². The molecule has 11 nitrogen and oxygen atoms in total. The average molecular weight is 607 g/mol. The zero-order chi connectivity index (χ0) is 30.3. The topological polar surface area (TPSA) is 134 Å². The number of ether oxygens (including phenoxy) is 4. The maximum Gasteiger partial charge on any atom is 0.435 e. The van der Waals surface area contributed by atoms with Gasteiger partial charge in [0.05, 0.1) is 68.7 Å². The number of aliphatic hydroxyl groups is 1. The monoisotopic (exact) mass is 606 g/mol. The van der Waals surface area contributed by atoms with Crippen molar-refractivity contribution in [3.63, 3.8) is 0 Å². The molecule has 0 unspecified atom stereocenters. The van der Waals surface area contributed by atoms with Crippen molar-refractivity contribution in [2.75, 3.05) is 59.9 Å². The third kappa shape index (κ3) is 9.46. The van der Waals surface area contributed by atoms with Gasteiger partial charge in [0.2, 0.25) is 0 Å². The molecule has 4 aromatic rings. The lowest BCUT2D eigenvalue weighted by molar-refractivity contribution is 0.000726. The molecule has 0 radical (unpaired) electrons. The van der Waals surface area contributed by atoms with Crippen LogP contribution in [-0.4, -0.2) is 91.8 Å². The number of fused-ring (bicyclic) bond motifs is 1. The largest absolute Gasteiger partial charge is 0.445 e. The van der Waals surface area contributed by atoms with E-state index in [1.54, 1.807) is 25.4 Å². The van der Waals surface area contributed by atoms with Crippen LogP contribution in [0.5, 0.6) is 0 Å². The number of hydrogen-bond acceptors (Lipinski definition) is 10. The van der Waals surface area contributed by atoms with E-state index in [-0.39, 0.29) is 32.3 Å². The number of nitrogens with zero attached hydrogens (tertiary/aromatic N) is 3. The highest BCUT2D eigenvalue weighted by molar-refractivity contribution is 7.99. The molecule has 226 valence electrons. The van der Waals surface area contributed by atoms with Crippen molar-refractivity contribution in [3.8, 4) is 0 Å². The molecule has 0 spiro atoms. The number of aromatic nitrogens is 3. The maximum absolute atomic E-state index is 13.1. The van der Waals surface area contributed by atoms with E-state index in [0.717, 1.165) is 20.9 Å². The van der Waals surface area contributed by atoms with Crippen LogP contribution in [0.25, 0.3) is 23.1 Å². The van der Waals surface area contributed by atoms with Gasteiger partial charge in [-0.1, -0.05) is 30.0 Å². The molecule has 0 fully saturated rings. The number of pyridine rings is 1. The summed E-state index contributed by atoms with van der Waals surface area (Å²) in [4.78, 5) is 31.4. The molecule has 43 heavy (non-hydrogen) atoms. The maximum atomic E-state index is 13.1. The van der Waals surface area contributed by atoms with Crippen LogP contribution in [0.3, 0.4) is 0 Å². The normalized spacial score (nSPS) is 11.3. The minimum atomic E-state index is -0.642. The summed E-state index contributed by atoms with van der Waals surface area (Å²) in [7, 11) is 1.59. The number of aliphatic hydroxyl groups excluding tert-OH is 1. The van der Waals surface area contributed by atoms with Gasteiger partial charge >= 0.3 is 6.09 Å². The van der Waals surface area contributed by atoms with E-state index in [9.17, 15) is 9.59 Å². The Balaban J connectivity index is 1.46. The van der Waals surface area contributed by atoms with Crippen LogP contribution in [0.4, 0.5) is 4.79 Å². The van der Waals surface area contributed by atoms with Crippen LogP contribution in [0, 0.1) is 0 Å². The fraction of sp³-hybridized carbons (Fsp3) is 0.290. The molecule has 0 aliphatic heterocycles. The van der Waals surface area contributed by atoms with Crippen molar-refractivity contribution < 1.29 is 33.6 Å². The predicted molar refractivity (Wildman–Crippen MR) is 163 cm³/mol. The summed E-state index contributed by atoms with van der Waals surface area (Å²) >= 11 is 1.42. The molecule has 1 amide bonds. The molecular weight excluding hydrogens is 572 g/mol. The lowest BCUT2D eigenvalue weighted by Gasteiger charge is -2.09. The second kappa shape index (κ2) is 17.1. The minimum Gasteiger partial charge on any atom is -0.445 e.